The van der Waals surface area contributed by atoms with Gasteiger partial charge in [-0.25, -0.2) is 4.79 Å². The quantitative estimate of drug-likeness (QED) is 0.859. The smallest absolute Gasteiger partial charge is 0.328 e. The van der Waals surface area contributed by atoms with Crippen LogP contribution in [-0.2, 0) is 4.79 Å². The van der Waals surface area contributed by atoms with Crippen LogP contribution in [0.15, 0.2) is 36.4 Å². The van der Waals surface area contributed by atoms with E-state index < -0.39 is 5.97 Å². The molecule has 0 amide bonds. The molecular formula is C17H17NO4. The highest BCUT2D eigenvalue weighted by Crippen LogP contribution is 2.32. The van der Waals surface area contributed by atoms with E-state index >= 15 is 0 Å². The Kier molecular flexibility index (Phi) is 4.78. The number of nitrogens with zero attached hydrogens (tertiary/aromatic N) is 1. The minimum atomic E-state index is -0.988. The highest BCUT2D eigenvalue weighted by Gasteiger charge is 2.10. The second-order valence-corrected chi connectivity index (χ2v) is 4.61. The summed E-state index contributed by atoms with van der Waals surface area (Å²) >= 11 is 0. The van der Waals surface area contributed by atoms with E-state index in [0.29, 0.717) is 11.5 Å². The van der Waals surface area contributed by atoms with Crippen molar-refractivity contribution >= 4 is 12.0 Å². The first-order chi connectivity index (χ1) is 10.5. The molecule has 0 atom stereocenters. The number of ether oxygens (including phenoxy) is 2. The van der Waals surface area contributed by atoms with Gasteiger partial charge in [0.05, 0.1) is 19.9 Å². The van der Waals surface area contributed by atoms with Crippen LogP contribution in [0, 0.1) is 6.92 Å². The van der Waals surface area contributed by atoms with E-state index in [4.69, 9.17) is 14.6 Å². The molecule has 0 unspecified atom stereocenters. The first-order valence-corrected chi connectivity index (χ1v) is 6.66. The molecule has 0 saturated heterocycles. The van der Waals surface area contributed by atoms with E-state index in [1.165, 1.54) is 6.08 Å². The Morgan fingerprint density at radius 1 is 1.18 bits per heavy atom. The predicted molar refractivity (Wildman–Crippen MR) is 84.2 cm³/mol. The Morgan fingerprint density at radius 3 is 2.55 bits per heavy atom. The van der Waals surface area contributed by atoms with Gasteiger partial charge in [0, 0.05) is 17.3 Å². The first kappa shape index (κ1) is 15.6. The number of pyridine rings is 1. The van der Waals surface area contributed by atoms with Gasteiger partial charge in [0.25, 0.3) is 0 Å². The van der Waals surface area contributed by atoms with E-state index in [1.807, 2.05) is 37.3 Å². The number of methoxy groups -OCH3 is 2. The second kappa shape index (κ2) is 6.76. The highest BCUT2D eigenvalue weighted by atomic mass is 16.5. The average Bonchev–Trinajstić information content (AvgIpc) is 2.52. The molecule has 1 aromatic heterocycles. The van der Waals surface area contributed by atoms with E-state index in [1.54, 1.807) is 14.2 Å². The van der Waals surface area contributed by atoms with Crippen LogP contribution in [0.5, 0.6) is 11.5 Å². The van der Waals surface area contributed by atoms with Gasteiger partial charge in [-0.05, 0) is 42.8 Å². The fourth-order valence-electron chi connectivity index (χ4n) is 2.07. The van der Waals surface area contributed by atoms with Crippen LogP contribution in [0.3, 0.4) is 0 Å². The van der Waals surface area contributed by atoms with Crippen molar-refractivity contribution in [1.82, 2.24) is 4.98 Å². The minimum Gasteiger partial charge on any atom is -0.497 e. The van der Waals surface area contributed by atoms with Crippen LogP contribution in [0.4, 0.5) is 0 Å². The number of carboxylic acids is 1. The molecule has 1 aromatic carbocycles. The molecule has 5 nitrogen and oxygen atoms in total. The lowest BCUT2D eigenvalue weighted by atomic mass is 10.1. The molecule has 1 heterocycles. The summed E-state index contributed by atoms with van der Waals surface area (Å²) in [5, 5.41) is 8.69. The van der Waals surface area contributed by atoms with Crippen molar-refractivity contribution in [3.63, 3.8) is 0 Å². The van der Waals surface area contributed by atoms with Gasteiger partial charge in [0.1, 0.15) is 11.5 Å². The molecule has 0 saturated carbocycles. The molecule has 114 valence electrons. The van der Waals surface area contributed by atoms with Gasteiger partial charge in [0.15, 0.2) is 0 Å². The summed E-state index contributed by atoms with van der Waals surface area (Å²) in [6.45, 7) is 1.83. The number of aryl methyl sites for hydroxylation is 1. The fraction of sp³-hybridized carbons (Fsp3) is 0.176. The van der Waals surface area contributed by atoms with Crippen LogP contribution in [-0.4, -0.2) is 30.3 Å². The Bertz CT molecular complexity index is 723. The third-order valence-corrected chi connectivity index (χ3v) is 3.21. The Labute approximate surface area is 128 Å². The maximum Gasteiger partial charge on any atom is 0.328 e. The Hall–Kier alpha value is -2.82. The molecule has 5 heteroatoms. The van der Waals surface area contributed by atoms with Crippen LogP contribution in [0.1, 0.15) is 11.3 Å². The maximum absolute atomic E-state index is 10.6. The lowest BCUT2D eigenvalue weighted by molar-refractivity contribution is -0.131. The maximum atomic E-state index is 10.6. The molecule has 0 aliphatic heterocycles. The number of benzene rings is 1. The van der Waals surface area contributed by atoms with Gasteiger partial charge in [-0.15, -0.1) is 0 Å². The summed E-state index contributed by atoms with van der Waals surface area (Å²) in [5.41, 5.74) is 3.05. The average molecular weight is 299 g/mol. The topological polar surface area (TPSA) is 68.7 Å². The van der Waals surface area contributed by atoms with Gasteiger partial charge >= 0.3 is 5.97 Å². The van der Waals surface area contributed by atoms with Crippen LogP contribution >= 0.6 is 0 Å². The number of carbonyl (C=O) groups is 1. The molecule has 0 aliphatic rings. The number of carboxylic acid groups (broad SMARTS) is 1. The zero-order valence-electron chi connectivity index (χ0n) is 12.7. The van der Waals surface area contributed by atoms with E-state index in [-0.39, 0.29) is 0 Å². The summed E-state index contributed by atoms with van der Waals surface area (Å²) < 4.78 is 10.6. The Morgan fingerprint density at radius 2 is 1.95 bits per heavy atom. The summed E-state index contributed by atoms with van der Waals surface area (Å²) in [6, 6.07) is 9.15. The fourth-order valence-corrected chi connectivity index (χ4v) is 2.07. The molecule has 0 bridgehead atoms. The van der Waals surface area contributed by atoms with Crippen LogP contribution in [0.25, 0.3) is 17.3 Å². The number of hydrogen-bond donors (Lipinski definition) is 1. The molecule has 0 radical (unpaired) electrons. The molecule has 0 aliphatic carbocycles. The highest BCUT2D eigenvalue weighted by molar-refractivity contribution is 5.85. The van der Waals surface area contributed by atoms with Crippen LogP contribution < -0.4 is 9.47 Å². The molecule has 1 N–H and O–H groups in total. The van der Waals surface area contributed by atoms with Gasteiger partial charge in [-0.3, -0.25) is 4.98 Å². The standard InChI is InChI=1S/C17H17NO4/c1-11-12(5-9-17(19)20)4-7-15(18-11)14-10-13(21-2)6-8-16(14)22-3/h4-10H,1-3H3,(H,19,20)/b9-5+. The largest absolute Gasteiger partial charge is 0.497 e. The molecule has 0 fully saturated rings. The van der Waals surface area contributed by atoms with E-state index in [0.717, 1.165) is 28.6 Å². The lowest BCUT2D eigenvalue weighted by Crippen LogP contribution is -1.95. The number of aliphatic carboxylic acids is 1. The van der Waals surface area contributed by atoms with E-state index in [2.05, 4.69) is 4.98 Å². The first-order valence-electron chi connectivity index (χ1n) is 6.66. The van der Waals surface area contributed by atoms with Crippen molar-refractivity contribution in [2.45, 2.75) is 6.92 Å². The minimum absolute atomic E-state index is 0.696. The molecule has 0 spiro atoms. The number of rotatable bonds is 5. The predicted octanol–water partition coefficient (Wildman–Crippen LogP) is 3.17. The monoisotopic (exact) mass is 299 g/mol. The Balaban J connectivity index is 2.46. The van der Waals surface area contributed by atoms with Crippen molar-refractivity contribution in [2.75, 3.05) is 14.2 Å². The van der Waals surface area contributed by atoms with Crippen molar-refractivity contribution in [1.29, 1.82) is 0 Å². The summed E-state index contributed by atoms with van der Waals surface area (Å²) in [4.78, 5) is 15.1. The number of hydrogen-bond acceptors (Lipinski definition) is 4. The van der Waals surface area contributed by atoms with E-state index in [9.17, 15) is 4.79 Å². The molecule has 2 rings (SSSR count). The second-order valence-electron chi connectivity index (χ2n) is 4.61. The third kappa shape index (κ3) is 3.44. The van der Waals surface area contributed by atoms with Gasteiger partial charge in [0.2, 0.25) is 0 Å². The summed E-state index contributed by atoms with van der Waals surface area (Å²) in [5.74, 6) is 0.421. The molecule has 2 aromatic rings. The van der Waals surface area contributed by atoms with Crippen molar-refractivity contribution in [2.24, 2.45) is 0 Å². The normalized spacial score (nSPS) is 10.7. The zero-order chi connectivity index (χ0) is 16.1. The molecular weight excluding hydrogens is 282 g/mol. The SMILES string of the molecule is COc1ccc(OC)c(-c2ccc(/C=C/C(=O)O)c(C)n2)c1. The van der Waals surface area contributed by atoms with Gasteiger partial charge in [-0.2, -0.15) is 0 Å². The summed E-state index contributed by atoms with van der Waals surface area (Å²) in [7, 11) is 3.20. The van der Waals surface area contributed by atoms with Crippen molar-refractivity contribution < 1.29 is 19.4 Å². The summed E-state index contributed by atoms with van der Waals surface area (Å²) in [6.07, 6.45) is 2.62. The lowest BCUT2D eigenvalue weighted by Gasteiger charge is -2.11. The molecule has 22 heavy (non-hydrogen) atoms. The van der Waals surface area contributed by atoms with Crippen molar-refractivity contribution in [3.05, 3.63) is 47.7 Å². The van der Waals surface area contributed by atoms with Gasteiger partial charge in [-0.1, -0.05) is 6.07 Å². The van der Waals surface area contributed by atoms with Crippen LogP contribution in [0.2, 0.25) is 0 Å². The third-order valence-electron chi connectivity index (χ3n) is 3.21. The van der Waals surface area contributed by atoms with Crippen molar-refractivity contribution in [3.8, 4) is 22.8 Å². The number of aromatic nitrogens is 1. The van der Waals surface area contributed by atoms with Gasteiger partial charge < -0.3 is 14.6 Å². The zero-order valence-corrected chi connectivity index (χ0v) is 12.7.